The molecule has 0 aliphatic heterocycles. The van der Waals surface area contributed by atoms with Crippen molar-refractivity contribution in [2.75, 3.05) is 24.3 Å². The molecule has 0 radical (unpaired) electrons. The SMILES string of the molecule is CCC(C)C(NS(=O)(=O)c1ccc(C)cc1)C(=O)Nc1nnc(-c2ccc(N(C)C)cc2)s1. The molecule has 0 aliphatic rings. The summed E-state index contributed by atoms with van der Waals surface area (Å²) in [5, 5.41) is 11.9. The van der Waals surface area contributed by atoms with Crippen molar-refractivity contribution in [1.82, 2.24) is 14.9 Å². The molecule has 0 spiro atoms. The molecule has 3 rings (SSSR count). The fraction of sp³-hybridized carbons (Fsp3) is 0.348. The van der Waals surface area contributed by atoms with Gasteiger partial charge in [0.15, 0.2) is 0 Å². The molecule has 1 aromatic heterocycles. The lowest BCUT2D eigenvalue weighted by atomic mass is 9.99. The number of anilines is 2. The van der Waals surface area contributed by atoms with E-state index in [-0.39, 0.29) is 10.8 Å². The number of amides is 1. The molecule has 33 heavy (non-hydrogen) atoms. The van der Waals surface area contributed by atoms with Crippen molar-refractivity contribution in [2.24, 2.45) is 5.92 Å². The molecule has 0 aliphatic carbocycles. The topological polar surface area (TPSA) is 104 Å². The summed E-state index contributed by atoms with van der Waals surface area (Å²) in [6.07, 6.45) is 0.619. The van der Waals surface area contributed by atoms with Gasteiger partial charge in [-0.15, -0.1) is 10.2 Å². The van der Waals surface area contributed by atoms with Gasteiger partial charge in [0, 0.05) is 25.3 Å². The number of nitrogens with zero attached hydrogens (tertiary/aromatic N) is 3. The zero-order valence-corrected chi connectivity index (χ0v) is 21.0. The van der Waals surface area contributed by atoms with Crippen LogP contribution in [0.1, 0.15) is 25.8 Å². The fourth-order valence-electron chi connectivity index (χ4n) is 3.09. The number of aryl methyl sites for hydroxylation is 1. The molecule has 3 aromatic rings. The van der Waals surface area contributed by atoms with E-state index in [9.17, 15) is 13.2 Å². The van der Waals surface area contributed by atoms with Gasteiger partial charge in [0.2, 0.25) is 21.1 Å². The predicted octanol–water partition coefficient (Wildman–Crippen LogP) is 3.91. The van der Waals surface area contributed by atoms with Crippen molar-refractivity contribution >= 4 is 38.1 Å². The number of rotatable bonds is 9. The number of hydrogen-bond donors (Lipinski definition) is 2. The van der Waals surface area contributed by atoms with E-state index in [2.05, 4.69) is 20.2 Å². The van der Waals surface area contributed by atoms with Crippen LogP contribution >= 0.6 is 11.3 Å². The average molecular weight is 488 g/mol. The largest absolute Gasteiger partial charge is 0.378 e. The summed E-state index contributed by atoms with van der Waals surface area (Å²) in [7, 11) is 0.0682. The number of aromatic nitrogens is 2. The first-order chi connectivity index (χ1) is 15.6. The predicted molar refractivity (Wildman–Crippen MR) is 133 cm³/mol. The summed E-state index contributed by atoms with van der Waals surface area (Å²) in [5.74, 6) is -0.693. The van der Waals surface area contributed by atoms with Crippen LogP contribution in [0.5, 0.6) is 0 Å². The Morgan fingerprint density at radius 3 is 2.27 bits per heavy atom. The lowest BCUT2D eigenvalue weighted by Gasteiger charge is -2.22. The maximum absolute atomic E-state index is 13.0. The van der Waals surface area contributed by atoms with Gasteiger partial charge in [-0.2, -0.15) is 4.72 Å². The third-order valence-corrected chi connectivity index (χ3v) is 7.74. The molecule has 2 unspecified atom stereocenters. The molecule has 2 N–H and O–H groups in total. The van der Waals surface area contributed by atoms with Crippen molar-refractivity contribution in [3.63, 3.8) is 0 Å². The van der Waals surface area contributed by atoms with Gasteiger partial charge in [0.25, 0.3) is 0 Å². The third kappa shape index (κ3) is 6.16. The summed E-state index contributed by atoms with van der Waals surface area (Å²) >= 11 is 1.24. The zero-order valence-electron chi connectivity index (χ0n) is 19.4. The van der Waals surface area contributed by atoms with Gasteiger partial charge in [-0.25, -0.2) is 8.42 Å². The monoisotopic (exact) mass is 487 g/mol. The van der Waals surface area contributed by atoms with Crippen LogP contribution < -0.4 is 14.9 Å². The maximum atomic E-state index is 13.0. The minimum atomic E-state index is -3.87. The molecular weight excluding hydrogens is 458 g/mol. The van der Waals surface area contributed by atoms with Gasteiger partial charge in [0.05, 0.1) is 4.90 Å². The van der Waals surface area contributed by atoms with Crippen LogP contribution in [-0.2, 0) is 14.8 Å². The first-order valence-electron chi connectivity index (χ1n) is 10.6. The summed E-state index contributed by atoms with van der Waals surface area (Å²) < 4.78 is 28.3. The van der Waals surface area contributed by atoms with Crippen LogP contribution in [0.15, 0.2) is 53.4 Å². The summed E-state index contributed by atoms with van der Waals surface area (Å²) in [6.45, 7) is 5.62. The van der Waals surface area contributed by atoms with Gasteiger partial charge < -0.3 is 4.90 Å². The highest BCUT2D eigenvalue weighted by Gasteiger charge is 2.30. The third-order valence-electron chi connectivity index (χ3n) is 5.39. The minimum absolute atomic E-state index is 0.119. The average Bonchev–Trinajstić information content (AvgIpc) is 3.25. The van der Waals surface area contributed by atoms with Crippen LogP contribution in [0.2, 0.25) is 0 Å². The van der Waals surface area contributed by atoms with E-state index >= 15 is 0 Å². The normalized spacial score (nSPS) is 13.4. The fourth-order valence-corrected chi connectivity index (χ4v) is 5.15. The van der Waals surface area contributed by atoms with E-state index in [0.717, 1.165) is 16.8 Å². The Labute approximate surface area is 199 Å². The van der Waals surface area contributed by atoms with Gasteiger partial charge >= 0.3 is 0 Å². The van der Waals surface area contributed by atoms with Crippen LogP contribution in [0.3, 0.4) is 0 Å². The molecule has 2 aromatic carbocycles. The Morgan fingerprint density at radius 2 is 1.70 bits per heavy atom. The molecule has 8 nitrogen and oxygen atoms in total. The maximum Gasteiger partial charge on any atom is 0.244 e. The molecule has 0 saturated heterocycles. The van der Waals surface area contributed by atoms with E-state index in [1.54, 1.807) is 12.1 Å². The number of carbonyl (C=O) groups excluding carboxylic acids is 1. The lowest BCUT2D eigenvalue weighted by molar-refractivity contribution is -0.118. The molecule has 0 bridgehead atoms. The number of hydrogen-bond acceptors (Lipinski definition) is 7. The summed E-state index contributed by atoms with van der Waals surface area (Å²) in [4.78, 5) is 15.2. The van der Waals surface area contributed by atoms with E-state index < -0.39 is 22.0 Å². The smallest absolute Gasteiger partial charge is 0.244 e. The Bertz CT molecular complexity index is 1190. The van der Waals surface area contributed by atoms with E-state index in [1.807, 2.05) is 64.0 Å². The highest BCUT2D eigenvalue weighted by Crippen LogP contribution is 2.28. The number of carbonyl (C=O) groups is 1. The van der Waals surface area contributed by atoms with Gasteiger partial charge in [0.1, 0.15) is 11.0 Å². The van der Waals surface area contributed by atoms with Crippen molar-refractivity contribution in [3.8, 4) is 10.6 Å². The van der Waals surface area contributed by atoms with Gasteiger partial charge in [-0.3, -0.25) is 10.1 Å². The summed E-state index contributed by atoms with van der Waals surface area (Å²) in [5.41, 5.74) is 2.90. The zero-order chi connectivity index (χ0) is 24.2. The number of nitrogens with one attached hydrogen (secondary N) is 2. The van der Waals surface area contributed by atoms with Crippen molar-refractivity contribution in [1.29, 1.82) is 0 Å². The Hall–Kier alpha value is -2.82. The number of benzene rings is 2. The van der Waals surface area contributed by atoms with E-state index in [1.165, 1.54) is 23.5 Å². The molecule has 1 heterocycles. The molecule has 0 fully saturated rings. The lowest BCUT2D eigenvalue weighted by Crippen LogP contribution is -2.47. The van der Waals surface area contributed by atoms with Crippen molar-refractivity contribution in [3.05, 3.63) is 54.1 Å². The van der Waals surface area contributed by atoms with Crippen LogP contribution in [0.25, 0.3) is 10.6 Å². The molecule has 2 atom stereocenters. The van der Waals surface area contributed by atoms with Crippen LogP contribution in [-0.4, -0.2) is 44.7 Å². The Morgan fingerprint density at radius 1 is 1.06 bits per heavy atom. The molecule has 1 amide bonds. The van der Waals surface area contributed by atoms with Gasteiger partial charge in [-0.05, 0) is 49.2 Å². The first-order valence-corrected chi connectivity index (χ1v) is 12.9. The van der Waals surface area contributed by atoms with E-state index in [4.69, 9.17) is 0 Å². The van der Waals surface area contributed by atoms with Crippen molar-refractivity contribution in [2.45, 2.75) is 38.1 Å². The second-order valence-corrected chi connectivity index (χ2v) is 10.8. The quantitative estimate of drug-likeness (QED) is 0.474. The number of sulfonamides is 1. The van der Waals surface area contributed by atoms with Crippen LogP contribution in [0, 0.1) is 12.8 Å². The molecule has 0 saturated carbocycles. The molecule has 176 valence electrons. The van der Waals surface area contributed by atoms with Crippen molar-refractivity contribution < 1.29 is 13.2 Å². The Balaban J connectivity index is 1.76. The second-order valence-electron chi connectivity index (χ2n) is 8.14. The summed E-state index contributed by atoms with van der Waals surface area (Å²) in [6, 6.07) is 13.4. The Kier molecular flexibility index (Phi) is 7.83. The highest BCUT2D eigenvalue weighted by atomic mass is 32.2. The first kappa shape index (κ1) is 24.8. The van der Waals surface area contributed by atoms with Crippen LogP contribution in [0.4, 0.5) is 10.8 Å². The minimum Gasteiger partial charge on any atom is -0.378 e. The standard InChI is InChI=1S/C23H29N5O3S2/c1-6-16(3)20(27-33(30,31)19-13-7-15(2)8-14-19)21(29)24-23-26-25-22(32-23)17-9-11-18(12-10-17)28(4)5/h7-14,16,20,27H,6H2,1-5H3,(H,24,26,29). The second kappa shape index (κ2) is 10.4. The molecule has 10 heteroatoms. The van der Waals surface area contributed by atoms with Gasteiger partial charge in [-0.1, -0.05) is 49.3 Å². The van der Waals surface area contributed by atoms with E-state index in [0.29, 0.717) is 16.6 Å². The molecular formula is C23H29N5O3S2. The highest BCUT2D eigenvalue weighted by molar-refractivity contribution is 7.89.